The van der Waals surface area contributed by atoms with Crippen molar-refractivity contribution in [2.45, 2.75) is 0 Å². The van der Waals surface area contributed by atoms with Crippen LogP contribution in [-0.2, 0) is 0 Å². The molecular formula is C11H9NO2. The Balaban J connectivity index is 2.33. The largest absolute Gasteiger partial charge is 0.461 e. The second kappa shape index (κ2) is 3.38. The molecule has 0 unspecified atom stereocenters. The molecule has 1 heterocycles. The van der Waals surface area contributed by atoms with E-state index in [1.165, 1.54) is 6.26 Å². The highest BCUT2D eigenvalue weighted by molar-refractivity contribution is 6.07. The maximum atomic E-state index is 11.7. The van der Waals surface area contributed by atoms with Crippen molar-refractivity contribution in [1.29, 1.82) is 0 Å². The number of nitrogen functional groups attached to an aromatic ring is 1. The molecule has 70 valence electrons. The van der Waals surface area contributed by atoms with Crippen LogP contribution in [0.25, 0.3) is 0 Å². The van der Waals surface area contributed by atoms with Crippen molar-refractivity contribution in [3.63, 3.8) is 0 Å². The van der Waals surface area contributed by atoms with Crippen molar-refractivity contribution in [2.24, 2.45) is 0 Å². The highest BCUT2D eigenvalue weighted by Crippen LogP contribution is 2.11. The van der Waals surface area contributed by atoms with Gasteiger partial charge in [-0.3, -0.25) is 4.79 Å². The summed E-state index contributed by atoms with van der Waals surface area (Å²) in [4.78, 5) is 11.7. The molecule has 2 N–H and O–H groups in total. The molecule has 1 aromatic heterocycles. The van der Waals surface area contributed by atoms with E-state index in [0.717, 1.165) is 0 Å². The number of furan rings is 1. The fourth-order valence-electron chi connectivity index (χ4n) is 1.18. The summed E-state index contributed by atoms with van der Waals surface area (Å²) in [5, 5.41) is 0. The molecule has 3 heteroatoms. The van der Waals surface area contributed by atoms with Gasteiger partial charge in [0.2, 0.25) is 5.78 Å². The number of hydrogen-bond acceptors (Lipinski definition) is 3. The number of carbonyl (C=O) groups is 1. The third-order valence-electron chi connectivity index (χ3n) is 1.92. The van der Waals surface area contributed by atoms with Crippen LogP contribution >= 0.6 is 0 Å². The fourth-order valence-corrected chi connectivity index (χ4v) is 1.18. The van der Waals surface area contributed by atoms with E-state index in [4.69, 9.17) is 10.2 Å². The minimum atomic E-state index is -0.130. The molecule has 0 amide bonds. The highest BCUT2D eigenvalue weighted by Gasteiger charge is 2.10. The van der Waals surface area contributed by atoms with Gasteiger partial charge in [0.15, 0.2) is 5.76 Å². The van der Waals surface area contributed by atoms with Crippen LogP contribution in [0.4, 0.5) is 5.69 Å². The van der Waals surface area contributed by atoms with E-state index in [0.29, 0.717) is 17.0 Å². The Morgan fingerprint density at radius 3 is 2.43 bits per heavy atom. The Bertz CT molecular complexity index is 429. The van der Waals surface area contributed by atoms with Crippen molar-refractivity contribution in [3.05, 3.63) is 54.0 Å². The standard InChI is InChI=1S/C11H9NO2/c12-9-5-3-8(4-6-9)11(13)10-2-1-7-14-10/h1-7H,12H2. The Labute approximate surface area is 81.1 Å². The van der Waals surface area contributed by atoms with Gasteiger partial charge in [-0.2, -0.15) is 0 Å². The normalized spacial score (nSPS) is 10.0. The van der Waals surface area contributed by atoms with Gasteiger partial charge in [-0.25, -0.2) is 0 Å². The van der Waals surface area contributed by atoms with Crippen molar-refractivity contribution in [3.8, 4) is 0 Å². The van der Waals surface area contributed by atoms with Crippen molar-refractivity contribution in [2.75, 3.05) is 5.73 Å². The molecule has 0 bridgehead atoms. The summed E-state index contributed by atoms with van der Waals surface area (Å²) < 4.78 is 5.00. The average molecular weight is 187 g/mol. The minimum Gasteiger partial charge on any atom is -0.461 e. The highest BCUT2D eigenvalue weighted by atomic mass is 16.3. The third-order valence-corrected chi connectivity index (χ3v) is 1.92. The van der Waals surface area contributed by atoms with Crippen LogP contribution in [-0.4, -0.2) is 5.78 Å². The summed E-state index contributed by atoms with van der Waals surface area (Å²) in [6, 6.07) is 10.1. The Hall–Kier alpha value is -2.03. The maximum Gasteiger partial charge on any atom is 0.228 e. The van der Waals surface area contributed by atoms with Crippen LogP contribution in [0.2, 0.25) is 0 Å². The number of carbonyl (C=O) groups excluding carboxylic acids is 1. The Morgan fingerprint density at radius 2 is 1.86 bits per heavy atom. The second-order valence-electron chi connectivity index (χ2n) is 2.93. The summed E-state index contributed by atoms with van der Waals surface area (Å²) in [5.74, 6) is 0.213. The van der Waals surface area contributed by atoms with E-state index in [-0.39, 0.29) is 5.78 Å². The fraction of sp³-hybridized carbons (Fsp3) is 0. The Kier molecular flexibility index (Phi) is 2.07. The summed E-state index contributed by atoms with van der Waals surface area (Å²) in [6.07, 6.45) is 1.48. The van der Waals surface area contributed by atoms with Crippen LogP contribution in [0.1, 0.15) is 16.1 Å². The van der Waals surface area contributed by atoms with Crippen molar-refractivity contribution < 1.29 is 9.21 Å². The maximum absolute atomic E-state index is 11.7. The molecular weight excluding hydrogens is 178 g/mol. The first-order chi connectivity index (χ1) is 6.77. The SMILES string of the molecule is Nc1ccc(C(=O)c2ccco2)cc1. The van der Waals surface area contributed by atoms with E-state index in [1.807, 2.05) is 0 Å². The topological polar surface area (TPSA) is 56.2 Å². The van der Waals surface area contributed by atoms with E-state index in [1.54, 1.807) is 36.4 Å². The molecule has 0 fully saturated rings. The van der Waals surface area contributed by atoms with Gasteiger partial charge < -0.3 is 10.2 Å². The molecule has 1 aromatic carbocycles. The lowest BCUT2D eigenvalue weighted by molar-refractivity contribution is 0.101. The number of anilines is 1. The van der Waals surface area contributed by atoms with Crippen molar-refractivity contribution in [1.82, 2.24) is 0 Å². The molecule has 0 aliphatic heterocycles. The zero-order chi connectivity index (χ0) is 9.97. The van der Waals surface area contributed by atoms with Crippen LogP contribution in [0.15, 0.2) is 47.1 Å². The van der Waals surface area contributed by atoms with Gasteiger partial charge in [0.25, 0.3) is 0 Å². The lowest BCUT2D eigenvalue weighted by Gasteiger charge is -1.97. The van der Waals surface area contributed by atoms with Crippen molar-refractivity contribution >= 4 is 11.5 Å². The first kappa shape index (κ1) is 8.56. The minimum absolute atomic E-state index is 0.130. The first-order valence-corrected chi connectivity index (χ1v) is 4.21. The zero-order valence-electron chi connectivity index (χ0n) is 7.44. The number of ketones is 1. The lowest BCUT2D eigenvalue weighted by atomic mass is 10.1. The van der Waals surface area contributed by atoms with Gasteiger partial charge in [0.05, 0.1) is 6.26 Å². The molecule has 3 nitrogen and oxygen atoms in total. The predicted octanol–water partition coefficient (Wildman–Crippen LogP) is 2.09. The lowest BCUT2D eigenvalue weighted by Crippen LogP contribution is -1.99. The van der Waals surface area contributed by atoms with E-state index >= 15 is 0 Å². The Morgan fingerprint density at radius 1 is 1.14 bits per heavy atom. The second-order valence-corrected chi connectivity index (χ2v) is 2.93. The van der Waals surface area contributed by atoms with Gasteiger partial charge in [-0.1, -0.05) is 0 Å². The molecule has 0 atom stereocenters. The van der Waals surface area contributed by atoms with Gasteiger partial charge >= 0.3 is 0 Å². The quantitative estimate of drug-likeness (QED) is 0.578. The summed E-state index contributed by atoms with van der Waals surface area (Å²) >= 11 is 0. The van der Waals surface area contributed by atoms with E-state index in [2.05, 4.69) is 0 Å². The summed E-state index contributed by atoms with van der Waals surface area (Å²) in [5.41, 5.74) is 6.73. The van der Waals surface area contributed by atoms with Gasteiger partial charge in [0.1, 0.15) is 0 Å². The molecule has 2 aromatic rings. The van der Waals surface area contributed by atoms with Crippen LogP contribution < -0.4 is 5.73 Å². The van der Waals surface area contributed by atoms with Gasteiger partial charge in [-0.15, -0.1) is 0 Å². The molecule has 0 radical (unpaired) electrons. The van der Waals surface area contributed by atoms with Crippen LogP contribution in [0.5, 0.6) is 0 Å². The number of rotatable bonds is 2. The van der Waals surface area contributed by atoms with Crippen LogP contribution in [0.3, 0.4) is 0 Å². The van der Waals surface area contributed by atoms with E-state index < -0.39 is 0 Å². The molecule has 0 aliphatic carbocycles. The molecule has 0 spiro atoms. The predicted molar refractivity (Wildman–Crippen MR) is 53.0 cm³/mol. The molecule has 0 aliphatic rings. The van der Waals surface area contributed by atoms with Gasteiger partial charge in [0, 0.05) is 11.3 Å². The zero-order valence-corrected chi connectivity index (χ0v) is 7.44. The van der Waals surface area contributed by atoms with Gasteiger partial charge in [-0.05, 0) is 36.4 Å². The smallest absolute Gasteiger partial charge is 0.228 e. The number of nitrogens with two attached hydrogens (primary N) is 1. The molecule has 0 saturated carbocycles. The monoisotopic (exact) mass is 187 g/mol. The van der Waals surface area contributed by atoms with E-state index in [9.17, 15) is 4.79 Å². The third kappa shape index (κ3) is 1.52. The summed E-state index contributed by atoms with van der Waals surface area (Å²) in [7, 11) is 0. The molecule has 2 rings (SSSR count). The first-order valence-electron chi connectivity index (χ1n) is 4.21. The average Bonchev–Trinajstić information content (AvgIpc) is 2.71. The number of benzene rings is 1. The number of hydrogen-bond donors (Lipinski definition) is 1. The van der Waals surface area contributed by atoms with Crippen LogP contribution in [0, 0.1) is 0 Å². The molecule has 0 saturated heterocycles. The molecule has 14 heavy (non-hydrogen) atoms. The summed E-state index contributed by atoms with van der Waals surface area (Å²) in [6.45, 7) is 0.